The molecule has 88 valence electrons. The van der Waals surface area contributed by atoms with Crippen molar-refractivity contribution in [2.24, 2.45) is 0 Å². The van der Waals surface area contributed by atoms with Crippen molar-refractivity contribution >= 4 is 11.8 Å². The van der Waals surface area contributed by atoms with Crippen molar-refractivity contribution in [3.05, 3.63) is 23.3 Å². The molecule has 0 aliphatic carbocycles. The van der Waals surface area contributed by atoms with Crippen LogP contribution < -0.4 is 14.8 Å². The summed E-state index contributed by atoms with van der Waals surface area (Å²) in [6.45, 7) is 0.989. The van der Waals surface area contributed by atoms with Crippen LogP contribution >= 0.6 is 0 Å². The molecule has 1 N–H and O–H groups in total. The second kappa shape index (κ2) is 3.76. The molecule has 0 saturated heterocycles. The predicted molar refractivity (Wildman–Crippen MR) is 58.2 cm³/mol. The summed E-state index contributed by atoms with van der Waals surface area (Å²) in [5, 5.41) is 2.33. The Morgan fingerprint density at radius 2 is 1.71 bits per heavy atom. The van der Waals surface area contributed by atoms with Gasteiger partial charge in [-0.05, 0) is 24.1 Å². The van der Waals surface area contributed by atoms with E-state index in [2.05, 4.69) is 5.32 Å². The summed E-state index contributed by atoms with van der Waals surface area (Å²) in [5.74, 6) is 0.613. The Labute approximate surface area is 97.7 Å². The van der Waals surface area contributed by atoms with Crippen molar-refractivity contribution < 1.29 is 19.1 Å². The molecule has 0 aromatic heterocycles. The molecule has 3 rings (SSSR count). The maximum atomic E-state index is 11.8. The molecule has 0 unspecified atom stereocenters. The van der Waals surface area contributed by atoms with Crippen molar-refractivity contribution in [2.45, 2.75) is 12.8 Å². The minimum Gasteiger partial charge on any atom is -0.486 e. The van der Waals surface area contributed by atoms with E-state index in [1.54, 1.807) is 12.1 Å². The third-order valence-electron chi connectivity index (χ3n) is 2.89. The van der Waals surface area contributed by atoms with E-state index in [0.717, 1.165) is 5.56 Å². The molecule has 0 radical (unpaired) electrons. The van der Waals surface area contributed by atoms with Crippen LogP contribution in [0.3, 0.4) is 0 Å². The van der Waals surface area contributed by atoms with E-state index in [-0.39, 0.29) is 11.8 Å². The Morgan fingerprint density at radius 3 is 2.47 bits per heavy atom. The lowest BCUT2D eigenvalue weighted by molar-refractivity contribution is -0.119. The van der Waals surface area contributed by atoms with Crippen LogP contribution in [0.25, 0.3) is 0 Å². The monoisotopic (exact) mass is 233 g/mol. The van der Waals surface area contributed by atoms with Crippen molar-refractivity contribution in [2.75, 3.05) is 13.2 Å². The first kappa shape index (κ1) is 10.1. The number of hydrogen-bond donors (Lipinski definition) is 1. The fraction of sp³-hybridized carbons (Fsp3) is 0.333. The number of fused-ring (bicyclic) bond motifs is 2. The van der Waals surface area contributed by atoms with Crippen LogP contribution in [-0.4, -0.2) is 25.0 Å². The summed E-state index contributed by atoms with van der Waals surface area (Å²) in [5.41, 5.74) is 1.33. The Hall–Kier alpha value is -2.04. The SMILES string of the molecule is O=C1CCc2cc3c(cc2C(=O)N1)OCCO3. The molecular formula is C12H11NO4. The highest BCUT2D eigenvalue weighted by molar-refractivity contribution is 6.07. The van der Waals surface area contributed by atoms with Gasteiger partial charge in [-0.1, -0.05) is 0 Å². The van der Waals surface area contributed by atoms with E-state index in [0.29, 0.717) is 43.1 Å². The number of imide groups is 1. The van der Waals surface area contributed by atoms with Crippen LogP contribution in [-0.2, 0) is 11.2 Å². The quantitative estimate of drug-likeness (QED) is 0.668. The molecule has 1 aromatic rings. The number of carbonyl (C=O) groups excluding carboxylic acids is 2. The Bertz CT molecular complexity index is 509. The molecule has 0 atom stereocenters. The van der Waals surface area contributed by atoms with E-state index in [1.807, 2.05) is 0 Å². The number of aryl methyl sites for hydroxylation is 1. The predicted octanol–water partition coefficient (Wildman–Crippen LogP) is 0.660. The fourth-order valence-electron chi connectivity index (χ4n) is 2.05. The smallest absolute Gasteiger partial charge is 0.258 e. The van der Waals surface area contributed by atoms with E-state index in [1.165, 1.54) is 0 Å². The normalized spacial score (nSPS) is 18.1. The van der Waals surface area contributed by atoms with E-state index in [9.17, 15) is 9.59 Å². The Kier molecular flexibility index (Phi) is 2.24. The Morgan fingerprint density at radius 1 is 1.00 bits per heavy atom. The maximum Gasteiger partial charge on any atom is 0.258 e. The van der Waals surface area contributed by atoms with Gasteiger partial charge in [0.1, 0.15) is 13.2 Å². The molecule has 2 heterocycles. The van der Waals surface area contributed by atoms with Gasteiger partial charge in [0.05, 0.1) is 0 Å². The first-order valence-corrected chi connectivity index (χ1v) is 5.51. The third-order valence-corrected chi connectivity index (χ3v) is 2.89. The zero-order valence-corrected chi connectivity index (χ0v) is 9.12. The van der Waals surface area contributed by atoms with Gasteiger partial charge in [0, 0.05) is 12.0 Å². The number of carbonyl (C=O) groups is 2. The van der Waals surface area contributed by atoms with E-state index in [4.69, 9.17) is 9.47 Å². The first-order valence-electron chi connectivity index (χ1n) is 5.51. The van der Waals surface area contributed by atoms with Crippen LogP contribution in [0, 0.1) is 0 Å². The average molecular weight is 233 g/mol. The van der Waals surface area contributed by atoms with Gasteiger partial charge >= 0.3 is 0 Å². The minimum atomic E-state index is -0.362. The number of nitrogens with one attached hydrogen (secondary N) is 1. The van der Waals surface area contributed by atoms with Gasteiger partial charge in [-0.3, -0.25) is 14.9 Å². The highest BCUT2D eigenvalue weighted by Crippen LogP contribution is 2.34. The first-order chi connectivity index (χ1) is 8.24. The number of benzene rings is 1. The molecule has 5 nitrogen and oxygen atoms in total. The topological polar surface area (TPSA) is 64.6 Å². The zero-order chi connectivity index (χ0) is 11.8. The van der Waals surface area contributed by atoms with Gasteiger partial charge < -0.3 is 9.47 Å². The summed E-state index contributed by atoms with van der Waals surface area (Å²) >= 11 is 0. The molecule has 0 saturated carbocycles. The summed E-state index contributed by atoms with van der Waals surface area (Å²) in [6.07, 6.45) is 0.863. The third kappa shape index (κ3) is 1.73. The maximum absolute atomic E-state index is 11.8. The second-order valence-corrected chi connectivity index (χ2v) is 4.03. The van der Waals surface area contributed by atoms with Crippen LogP contribution in [0.1, 0.15) is 22.3 Å². The largest absolute Gasteiger partial charge is 0.486 e. The molecule has 2 amide bonds. The van der Waals surface area contributed by atoms with Crippen LogP contribution in [0.5, 0.6) is 11.5 Å². The van der Waals surface area contributed by atoms with Crippen LogP contribution in [0.15, 0.2) is 12.1 Å². The molecular weight excluding hydrogens is 222 g/mol. The molecule has 0 spiro atoms. The zero-order valence-electron chi connectivity index (χ0n) is 9.12. The van der Waals surface area contributed by atoms with E-state index < -0.39 is 0 Å². The van der Waals surface area contributed by atoms with Crippen LogP contribution in [0.2, 0.25) is 0 Å². The number of rotatable bonds is 0. The van der Waals surface area contributed by atoms with Gasteiger partial charge in [0.25, 0.3) is 5.91 Å². The van der Waals surface area contributed by atoms with E-state index >= 15 is 0 Å². The highest BCUT2D eigenvalue weighted by atomic mass is 16.6. The van der Waals surface area contributed by atoms with Gasteiger partial charge in [-0.15, -0.1) is 0 Å². The van der Waals surface area contributed by atoms with Crippen molar-refractivity contribution in [3.63, 3.8) is 0 Å². The number of amides is 2. The van der Waals surface area contributed by atoms with Crippen molar-refractivity contribution in [1.29, 1.82) is 0 Å². The standard InChI is InChI=1S/C12H11NO4/c14-11-2-1-7-5-9-10(17-4-3-16-9)6-8(7)12(15)13-11/h5-6H,1-4H2,(H,13,14,15). The average Bonchev–Trinajstić information content (AvgIpc) is 2.47. The number of hydrogen-bond acceptors (Lipinski definition) is 4. The number of ether oxygens (including phenoxy) is 2. The minimum absolute atomic E-state index is 0.244. The fourth-order valence-corrected chi connectivity index (χ4v) is 2.05. The van der Waals surface area contributed by atoms with Gasteiger partial charge in [-0.25, -0.2) is 0 Å². The van der Waals surface area contributed by atoms with Crippen molar-refractivity contribution in [1.82, 2.24) is 5.32 Å². The summed E-state index contributed by atoms with van der Waals surface area (Å²) in [6, 6.07) is 3.44. The Balaban J connectivity index is 2.09. The summed E-state index contributed by atoms with van der Waals surface area (Å²) in [7, 11) is 0. The molecule has 2 aliphatic rings. The lowest BCUT2D eigenvalue weighted by Crippen LogP contribution is -2.28. The van der Waals surface area contributed by atoms with Crippen LogP contribution in [0.4, 0.5) is 0 Å². The lowest BCUT2D eigenvalue weighted by Gasteiger charge is -2.20. The molecule has 0 bridgehead atoms. The molecule has 0 fully saturated rings. The molecule has 2 aliphatic heterocycles. The molecule has 5 heteroatoms. The van der Waals surface area contributed by atoms with Crippen molar-refractivity contribution in [3.8, 4) is 11.5 Å². The summed E-state index contributed by atoms with van der Waals surface area (Å²) in [4.78, 5) is 23.1. The van der Waals surface area contributed by atoms with Gasteiger partial charge in [0.2, 0.25) is 5.91 Å². The lowest BCUT2D eigenvalue weighted by atomic mass is 10.0. The van der Waals surface area contributed by atoms with Gasteiger partial charge in [0.15, 0.2) is 11.5 Å². The molecule has 17 heavy (non-hydrogen) atoms. The summed E-state index contributed by atoms with van der Waals surface area (Å²) < 4.78 is 10.9. The molecule has 1 aromatic carbocycles. The second-order valence-electron chi connectivity index (χ2n) is 4.03. The highest BCUT2D eigenvalue weighted by Gasteiger charge is 2.23. The van der Waals surface area contributed by atoms with Gasteiger partial charge in [-0.2, -0.15) is 0 Å².